The summed E-state index contributed by atoms with van der Waals surface area (Å²) in [5.41, 5.74) is 0.794. The molecule has 3 rings (SSSR count). The van der Waals surface area contributed by atoms with Crippen molar-refractivity contribution in [2.75, 3.05) is 20.2 Å². The number of carbonyl (C=O) groups excluding carboxylic acids is 1. The molecule has 9 heteroatoms. The Bertz CT molecular complexity index is 1010. The van der Waals surface area contributed by atoms with E-state index < -0.39 is 33.9 Å². The lowest BCUT2D eigenvalue weighted by atomic mass is 9.97. The highest BCUT2D eigenvalue weighted by atomic mass is 32.2. The van der Waals surface area contributed by atoms with E-state index in [0.717, 1.165) is 5.56 Å². The van der Waals surface area contributed by atoms with Crippen LogP contribution in [0.2, 0.25) is 0 Å². The van der Waals surface area contributed by atoms with Crippen LogP contribution in [0.25, 0.3) is 0 Å². The number of aliphatic carboxylic acids is 1. The molecule has 0 aliphatic carbocycles. The van der Waals surface area contributed by atoms with E-state index in [0.29, 0.717) is 25.1 Å². The van der Waals surface area contributed by atoms with Gasteiger partial charge in [-0.25, -0.2) is 13.2 Å². The molecule has 2 aromatic rings. The Morgan fingerprint density at radius 3 is 2.45 bits per heavy atom. The van der Waals surface area contributed by atoms with Crippen LogP contribution in [-0.2, 0) is 26.0 Å². The van der Waals surface area contributed by atoms with Gasteiger partial charge >= 0.3 is 5.97 Å². The first-order valence-corrected chi connectivity index (χ1v) is 11.5. The third-order valence-corrected chi connectivity index (χ3v) is 7.23. The molecule has 1 aliphatic rings. The number of benzene rings is 2. The van der Waals surface area contributed by atoms with Crippen LogP contribution in [0, 0.1) is 5.92 Å². The fourth-order valence-corrected chi connectivity index (χ4v) is 5.13. The third-order valence-electron chi connectivity index (χ3n) is 5.35. The molecule has 1 amide bonds. The lowest BCUT2D eigenvalue weighted by Crippen LogP contribution is -2.50. The summed E-state index contributed by atoms with van der Waals surface area (Å²) in [5, 5.41) is 12.1. The number of nitrogens with zero attached hydrogens (tertiary/aromatic N) is 1. The number of ether oxygens (including phenoxy) is 1. The number of carboxylic acid groups (broad SMARTS) is 1. The van der Waals surface area contributed by atoms with Gasteiger partial charge < -0.3 is 15.2 Å². The van der Waals surface area contributed by atoms with Crippen molar-refractivity contribution < 1.29 is 27.9 Å². The second-order valence-corrected chi connectivity index (χ2v) is 9.40. The highest BCUT2D eigenvalue weighted by Gasteiger charge is 2.34. The molecule has 0 bridgehead atoms. The lowest BCUT2D eigenvalue weighted by molar-refractivity contribution is -0.142. The Morgan fingerprint density at radius 2 is 1.84 bits per heavy atom. The first kappa shape index (κ1) is 22.8. The van der Waals surface area contributed by atoms with Gasteiger partial charge in [-0.1, -0.05) is 30.3 Å². The van der Waals surface area contributed by atoms with Crippen molar-refractivity contribution in [3.8, 4) is 5.75 Å². The monoisotopic (exact) mass is 446 g/mol. The van der Waals surface area contributed by atoms with Crippen LogP contribution < -0.4 is 10.1 Å². The molecular formula is C22H26N2O6S. The Hall–Kier alpha value is -2.91. The van der Waals surface area contributed by atoms with Gasteiger partial charge in [-0.2, -0.15) is 4.31 Å². The molecule has 0 spiro atoms. The van der Waals surface area contributed by atoms with E-state index in [2.05, 4.69) is 5.32 Å². The summed E-state index contributed by atoms with van der Waals surface area (Å²) in [4.78, 5) is 24.6. The summed E-state index contributed by atoms with van der Waals surface area (Å²) in [5.74, 6) is -1.64. The molecule has 2 aromatic carbocycles. The standard InChI is InChI=1S/C22H26N2O6S/c1-30-18-9-11-19(12-10-18)31(28,29)24-13-5-8-17(15-24)21(25)23-20(22(26)27)14-16-6-3-2-4-7-16/h2-4,6-7,9-12,17,20H,5,8,13-15H2,1H3,(H,23,25)(H,26,27)/t17-,20+/m1/s1. The molecule has 1 saturated heterocycles. The number of carbonyl (C=O) groups is 2. The van der Waals surface area contributed by atoms with Gasteiger partial charge in [0.2, 0.25) is 15.9 Å². The number of hydrogen-bond acceptors (Lipinski definition) is 5. The van der Waals surface area contributed by atoms with Crippen molar-refractivity contribution in [2.45, 2.75) is 30.2 Å². The van der Waals surface area contributed by atoms with E-state index >= 15 is 0 Å². The minimum atomic E-state index is -3.77. The molecule has 0 saturated carbocycles. The van der Waals surface area contributed by atoms with Crippen LogP contribution in [-0.4, -0.2) is 55.9 Å². The maximum Gasteiger partial charge on any atom is 0.326 e. The van der Waals surface area contributed by atoms with Gasteiger partial charge in [-0.15, -0.1) is 0 Å². The van der Waals surface area contributed by atoms with Crippen LogP contribution in [0.4, 0.5) is 0 Å². The SMILES string of the molecule is COc1ccc(S(=O)(=O)N2CCC[C@@H](C(=O)N[C@@H](Cc3ccccc3)C(=O)O)C2)cc1. The fourth-order valence-electron chi connectivity index (χ4n) is 3.61. The minimum absolute atomic E-state index is 0.0118. The van der Waals surface area contributed by atoms with E-state index in [1.54, 1.807) is 36.4 Å². The number of nitrogens with one attached hydrogen (secondary N) is 1. The third kappa shape index (κ3) is 5.62. The summed E-state index contributed by atoms with van der Waals surface area (Å²) in [6.45, 7) is 0.322. The average molecular weight is 447 g/mol. The highest BCUT2D eigenvalue weighted by Crippen LogP contribution is 2.25. The maximum atomic E-state index is 13.0. The minimum Gasteiger partial charge on any atom is -0.497 e. The topological polar surface area (TPSA) is 113 Å². The fraction of sp³-hybridized carbons (Fsp3) is 0.364. The van der Waals surface area contributed by atoms with E-state index in [-0.39, 0.29) is 17.9 Å². The molecular weight excluding hydrogens is 420 g/mol. The zero-order valence-corrected chi connectivity index (χ0v) is 18.0. The first-order valence-electron chi connectivity index (χ1n) is 10.0. The van der Waals surface area contributed by atoms with Crippen molar-refractivity contribution in [1.82, 2.24) is 9.62 Å². The second kappa shape index (κ2) is 9.93. The number of methoxy groups -OCH3 is 1. The van der Waals surface area contributed by atoms with E-state index in [1.165, 1.54) is 23.5 Å². The smallest absolute Gasteiger partial charge is 0.326 e. The van der Waals surface area contributed by atoms with Crippen molar-refractivity contribution >= 4 is 21.9 Å². The van der Waals surface area contributed by atoms with Gasteiger partial charge in [-0.05, 0) is 42.7 Å². The lowest BCUT2D eigenvalue weighted by Gasteiger charge is -2.31. The quantitative estimate of drug-likeness (QED) is 0.641. The van der Waals surface area contributed by atoms with Crippen LogP contribution in [0.15, 0.2) is 59.5 Å². The predicted molar refractivity (Wildman–Crippen MR) is 114 cm³/mol. The van der Waals surface area contributed by atoms with Crippen molar-refractivity contribution in [3.63, 3.8) is 0 Å². The molecule has 1 fully saturated rings. The summed E-state index contributed by atoms with van der Waals surface area (Å²) in [6.07, 6.45) is 1.17. The normalized spacial score (nSPS) is 18.2. The summed E-state index contributed by atoms with van der Waals surface area (Å²) in [7, 11) is -2.27. The highest BCUT2D eigenvalue weighted by molar-refractivity contribution is 7.89. The van der Waals surface area contributed by atoms with Gasteiger partial charge in [0.15, 0.2) is 0 Å². The Kier molecular flexibility index (Phi) is 7.29. The van der Waals surface area contributed by atoms with Crippen LogP contribution >= 0.6 is 0 Å². The molecule has 1 heterocycles. The maximum absolute atomic E-state index is 13.0. The number of carboxylic acids is 1. The Labute approximate surface area is 181 Å². The zero-order valence-electron chi connectivity index (χ0n) is 17.2. The van der Waals surface area contributed by atoms with E-state index in [4.69, 9.17) is 4.74 Å². The predicted octanol–water partition coefficient (Wildman–Crippen LogP) is 1.91. The molecule has 31 heavy (non-hydrogen) atoms. The summed E-state index contributed by atoms with van der Waals surface area (Å²) in [6, 6.07) is 14.0. The second-order valence-electron chi connectivity index (χ2n) is 7.47. The van der Waals surface area contributed by atoms with Gasteiger partial charge in [0.05, 0.1) is 17.9 Å². The van der Waals surface area contributed by atoms with Crippen molar-refractivity contribution in [3.05, 3.63) is 60.2 Å². The summed E-state index contributed by atoms with van der Waals surface area (Å²) >= 11 is 0. The molecule has 8 nitrogen and oxygen atoms in total. The van der Waals surface area contributed by atoms with E-state index in [9.17, 15) is 23.1 Å². The number of rotatable bonds is 8. The zero-order chi connectivity index (χ0) is 22.4. The van der Waals surface area contributed by atoms with Gasteiger partial charge in [-0.3, -0.25) is 4.79 Å². The number of hydrogen-bond donors (Lipinski definition) is 2. The molecule has 0 aromatic heterocycles. The Balaban J connectivity index is 1.68. The van der Waals surface area contributed by atoms with Crippen molar-refractivity contribution in [2.24, 2.45) is 5.92 Å². The van der Waals surface area contributed by atoms with Crippen LogP contribution in [0.1, 0.15) is 18.4 Å². The van der Waals surface area contributed by atoms with E-state index in [1.807, 2.05) is 6.07 Å². The molecule has 0 unspecified atom stereocenters. The van der Waals surface area contributed by atoms with Crippen LogP contribution in [0.5, 0.6) is 5.75 Å². The average Bonchev–Trinajstić information content (AvgIpc) is 2.79. The van der Waals surface area contributed by atoms with Gasteiger partial charge in [0, 0.05) is 19.5 Å². The Morgan fingerprint density at radius 1 is 1.16 bits per heavy atom. The number of sulfonamides is 1. The van der Waals surface area contributed by atoms with Gasteiger partial charge in [0.25, 0.3) is 0 Å². The summed E-state index contributed by atoms with van der Waals surface area (Å²) < 4.78 is 32.3. The molecule has 1 aliphatic heterocycles. The van der Waals surface area contributed by atoms with Gasteiger partial charge in [0.1, 0.15) is 11.8 Å². The number of piperidine rings is 1. The number of amides is 1. The molecule has 166 valence electrons. The largest absolute Gasteiger partial charge is 0.497 e. The first-order chi connectivity index (χ1) is 14.8. The molecule has 0 radical (unpaired) electrons. The van der Waals surface area contributed by atoms with Crippen LogP contribution in [0.3, 0.4) is 0 Å². The molecule has 2 atom stereocenters. The van der Waals surface area contributed by atoms with Crippen molar-refractivity contribution in [1.29, 1.82) is 0 Å². The molecule has 2 N–H and O–H groups in total.